The lowest BCUT2D eigenvalue weighted by molar-refractivity contribution is -0.918. The minimum Gasteiger partial charge on any atom is -0.378 e. The van der Waals surface area contributed by atoms with Gasteiger partial charge in [0.2, 0.25) is 0 Å². The maximum absolute atomic E-state index is 12.7. The summed E-state index contributed by atoms with van der Waals surface area (Å²) >= 11 is 5.96. The number of hydrogen-bond acceptors (Lipinski definition) is 4. The molecule has 1 aliphatic heterocycles. The first-order valence-corrected chi connectivity index (χ1v) is 10.1. The topological polar surface area (TPSA) is 79.9 Å². The maximum atomic E-state index is 12.7. The number of rotatable bonds is 7. The summed E-state index contributed by atoms with van der Waals surface area (Å²) in [4.78, 5) is 26.9. The quantitative estimate of drug-likeness (QED) is 0.535. The Labute approximate surface area is 175 Å². The van der Waals surface area contributed by atoms with Crippen LogP contribution in [-0.2, 0) is 0 Å². The Morgan fingerprint density at radius 1 is 1.21 bits per heavy atom. The molecule has 2 N–H and O–H groups in total. The average Bonchev–Trinajstić information content (AvgIpc) is 3.22. The molecule has 0 aliphatic carbocycles. The predicted octanol–water partition coefficient (Wildman–Crippen LogP) is 2.46. The Kier molecular flexibility index (Phi) is 6.71. The van der Waals surface area contributed by atoms with Gasteiger partial charge in [-0.05, 0) is 24.3 Å². The van der Waals surface area contributed by atoms with E-state index >= 15 is 0 Å². The third kappa shape index (κ3) is 5.05. The van der Waals surface area contributed by atoms with Crippen molar-refractivity contribution in [2.24, 2.45) is 0 Å². The van der Waals surface area contributed by atoms with Crippen molar-refractivity contribution < 1.29 is 14.6 Å². The van der Waals surface area contributed by atoms with Crippen molar-refractivity contribution in [3.63, 3.8) is 0 Å². The van der Waals surface area contributed by atoms with Gasteiger partial charge in [0.25, 0.3) is 11.6 Å². The van der Waals surface area contributed by atoms with Gasteiger partial charge in [-0.2, -0.15) is 0 Å². The molecular formula is C21H26ClN4O3+. The zero-order valence-corrected chi connectivity index (χ0v) is 17.4. The number of carbonyl (C=O) groups is 1. The van der Waals surface area contributed by atoms with Crippen molar-refractivity contribution >= 4 is 28.9 Å². The first kappa shape index (κ1) is 21.1. The molecule has 1 fully saturated rings. The smallest absolute Gasteiger partial charge is 0.282 e. The molecule has 1 atom stereocenters. The monoisotopic (exact) mass is 417 g/mol. The summed E-state index contributed by atoms with van der Waals surface area (Å²) < 4.78 is 0. The molecule has 29 heavy (non-hydrogen) atoms. The highest BCUT2D eigenvalue weighted by atomic mass is 35.5. The first-order valence-electron chi connectivity index (χ1n) is 9.71. The van der Waals surface area contributed by atoms with Crippen LogP contribution < -0.4 is 15.1 Å². The number of carbonyl (C=O) groups excluding carboxylic acids is 1. The van der Waals surface area contributed by atoms with Gasteiger partial charge in [-0.15, -0.1) is 0 Å². The second kappa shape index (κ2) is 9.24. The normalized spacial score (nSPS) is 15.1. The summed E-state index contributed by atoms with van der Waals surface area (Å²) in [5.41, 5.74) is 2.00. The molecule has 3 rings (SSSR count). The van der Waals surface area contributed by atoms with Crippen molar-refractivity contribution in [3.8, 4) is 0 Å². The van der Waals surface area contributed by atoms with Gasteiger partial charge in [0, 0.05) is 49.3 Å². The number of nitro groups is 1. The molecule has 1 aliphatic rings. The van der Waals surface area contributed by atoms with Crippen molar-refractivity contribution in [2.45, 2.75) is 18.9 Å². The van der Waals surface area contributed by atoms with Crippen LogP contribution in [0, 0.1) is 10.1 Å². The third-order valence-electron chi connectivity index (χ3n) is 5.42. The van der Waals surface area contributed by atoms with E-state index in [1.165, 1.54) is 23.1 Å². The van der Waals surface area contributed by atoms with Crippen molar-refractivity contribution in [3.05, 3.63) is 68.7 Å². The molecular weight excluding hydrogens is 392 g/mol. The number of halogens is 1. The van der Waals surface area contributed by atoms with Gasteiger partial charge in [0.05, 0.1) is 24.6 Å². The zero-order valence-electron chi connectivity index (χ0n) is 16.7. The van der Waals surface area contributed by atoms with Crippen LogP contribution >= 0.6 is 11.6 Å². The van der Waals surface area contributed by atoms with Crippen LogP contribution in [0.25, 0.3) is 0 Å². The number of quaternary nitrogens is 1. The van der Waals surface area contributed by atoms with Crippen molar-refractivity contribution in [1.82, 2.24) is 5.32 Å². The Balaban J connectivity index is 1.79. The molecule has 1 heterocycles. The van der Waals surface area contributed by atoms with Crippen LogP contribution in [-0.4, -0.2) is 44.6 Å². The molecule has 0 saturated carbocycles. The van der Waals surface area contributed by atoms with E-state index in [9.17, 15) is 14.9 Å². The number of likely N-dealkylation sites (tertiary alicyclic amines) is 1. The summed E-state index contributed by atoms with van der Waals surface area (Å²) in [6, 6.07) is 12.5. The van der Waals surface area contributed by atoms with Crippen LogP contribution in [0.3, 0.4) is 0 Å². The number of anilines is 1. The summed E-state index contributed by atoms with van der Waals surface area (Å²) in [5, 5.41) is 14.5. The largest absolute Gasteiger partial charge is 0.378 e. The Morgan fingerprint density at radius 2 is 1.86 bits per heavy atom. The molecule has 8 heteroatoms. The standard InChI is InChI=1S/C21H25ClN4O3/c1-24(2)17-8-5-15(6-9-17)20(25-11-3-4-12-25)14-23-21(27)18-13-16(22)7-10-19(18)26(28)29/h5-10,13,20H,3-4,11-12,14H2,1-2H3,(H,23,27)/p+1/t20-/m0/s1. The molecule has 0 bridgehead atoms. The van der Waals surface area contributed by atoms with E-state index in [4.69, 9.17) is 11.6 Å². The zero-order chi connectivity index (χ0) is 21.0. The molecule has 2 aromatic rings. The van der Waals surface area contributed by atoms with Crippen LogP contribution in [0.4, 0.5) is 11.4 Å². The minimum atomic E-state index is -0.561. The molecule has 2 aromatic carbocycles. The fourth-order valence-corrected chi connectivity index (χ4v) is 3.99. The number of amides is 1. The molecule has 1 saturated heterocycles. The van der Waals surface area contributed by atoms with E-state index in [1.54, 1.807) is 0 Å². The van der Waals surface area contributed by atoms with E-state index in [2.05, 4.69) is 29.6 Å². The van der Waals surface area contributed by atoms with E-state index < -0.39 is 10.8 Å². The molecule has 0 radical (unpaired) electrons. The van der Waals surface area contributed by atoms with E-state index in [1.807, 2.05) is 19.0 Å². The first-order chi connectivity index (χ1) is 13.9. The lowest BCUT2D eigenvalue weighted by atomic mass is 10.0. The van der Waals surface area contributed by atoms with Gasteiger partial charge >= 0.3 is 0 Å². The third-order valence-corrected chi connectivity index (χ3v) is 5.65. The predicted molar refractivity (Wildman–Crippen MR) is 114 cm³/mol. The number of nitro benzene ring substituents is 1. The van der Waals surface area contributed by atoms with Gasteiger partial charge in [-0.1, -0.05) is 23.7 Å². The lowest BCUT2D eigenvalue weighted by Gasteiger charge is -2.26. The van der Waals surface area contributed by atoms with Crippen LogP contribution in [0.5, 0.6) is 0 Å². The van der Waals surface area contributed by atoms with Gasteiger partial charge in [-0.25, -0.2) is 0 Å². The van der Waals surface area contributed by atoms with Crippen LogP contribution in [0.2, 0.25) is 5.02 Å². The SMILES string of the molecule is CN(C)c1ccc([C@H](CNC(=O)c2cc(Cl)ccc2[N+](=O)[O-])[NH+]2CCCC2)cc1. The number of hydrogen-bond donors (Lipinski definition) is 2. The Bertz CT molecular complexity index is 880. The van der Waals surface area contributed by atoms with Gasteiger partial charge in [-0.3, -0.25) is 14.9 Å². The van der Waals surface area contributed by atoms with Gasteiger partial charge in [0.1, 0.15) is 11.6 Å². The summed E-state index contributed by atoms with van der Waals surface area (Å²) in [7, 11) is 3.99. The minimum absolute atomic E-state index is 0.0133. The van der Waals surface area contributed by atoms with E-state index in [0.717, 1.165) is 37.2 Å². The Hall–Kier alpha value is -2.64. The fourth-order valence-electron chi connectivity index (χ4n) is 3.82. The molecule has 1 amide bonds. The van der Waals surface area contributed by atoms with Gasteiger partial charge < -0.3 is 15.1 Å². The Morgan fingerprint density at radius 3 is 2.45 bits per heavy atom. The van der Waals surface area contributed by atoms with Gasteiger partial charge in [0.15, 0.2) is 0 Å². The van der Waals surface area contributed by atoms with E-state index in [0.29, 0.717) is 11.6 Å². The van der Waals surface area contributed by atoms with E-state index in [-0.39, 0.29) is 17.3 Å². The van der Waals surface area contributed by atoms with Crippen molar-refractivity contribution in [1.29, 1.82) is 0 Å². The summed E-state index contributed by atoms with van der Waals surface area (Å²) in [6.07, 6.45) is 2.32. The highest BCUT2D eigenvalue weighted by Crippen LogP contribution is 2.23. The second-order valence-corrected chi connectivity index (χ2v) is 7.97. The maximum Gasteiger partial charge on any atom is 0.282 e. The summed E-state index contributed by atoms with van der Waals surface area (Å²) in [5.74, 6) is -0.479. The number of nitrogens with one attached hydrogen (secondary N) is 2. The van der Waals surface area contributed by atoms with Crippen molar-refractivity contribution in [2.75, 3.05) is 38.6 Å². The fraction of sp³-hybridized carbons (Fsp3) is 0.381. The molecule has 0 aromatic heterocycles. The number of nitrogens with zero attached hydrogens (tertiary/aromatic N) is 2. The summed E-state index contributed by atoms with van der Waals surface area (Å²) in [6.45, 7) is 2.50. The average molecular weight is 418 g/mol. The molecule has 7 nitrogen and oxygen atoms in total. The second-order valence-electron chi connectivity index (χ2n) is 7.53. The highest BCUT2D eigenvalue weighted by molar-refractivity contribution is 6.31. The van der Waals surface area contributed by atoms with Crippen LogP contribution in [0.1, 0.15) is 34.8 Å². The van der Waals surface area contributed by atoms with Crippen LogP contribution in [0.15, 0.2) is 42.5 Å². The molecule has 0 unspecified atom stereocenters. The number of benzene rings is 2. The lowest BCUT2D eigenvalue weighted by Crippen LogP contribution is -3.11. The molecule has 154 valence electrons. The molecule has 0 spiro atoms. The highest BCUT2D eigenvalue weighted by Gasteiger charge is 2.29.